The van der Waals surface area contributed by atoms with Gasteiger partial charge in [0.25, 0.3) is 0 Å². The highest BCUT2D eigenvalue weighted by Crippen LogP contribution is 2.20. The highest BCUT2D eigenvalue weighted by atomic mass is 32.2. The number of sulfonamides is 1. The van der Waals surface area contributed by atoms with Gasteiger partial charge in [0.2, 0.25) is 10.0 Å². The van der Waals surface area contributed by atoms with Crippen molar-refractivity contribution in [3.8, 4) is 0 Å². The van der Waals surface area contributed by atoms with E-state index in [0.717, 1.165) is 25.5 Å². The molecule has 26 heavy (non-hydrogen) atoms. The minimum Gasteiger partial charge on any atom is -0.355 e. The molecule has 3 rings (SSSR count). The SMILES string of the molecule is CN=C(NCCNS(=O)(=O)c1cccnc1)N1CCC(N2CCCC2)C1. The van der Waals surface area contributed by atoms with Gasteiger partial charge in [-0.2, -0.15) is 0 Å². The van der Waals surface area contributed by atoms with Crippen LogP contribution in [-0.2, 0) is 10.0 Å². The summed E-state index contributed by atoms with van der Waals surface area (Å²) in [6.45, 7) is 5.17. The lowest BCUT2D eigenvalue weighted by atomic mass is 10.2. The highest BCUT2D eigenvalue weighted by Gasteiger charge is 2.30. The first-order valence-corrected chi connectivity index (χ1v) is 10.7. The Kier molecular flexibility index (Phi) is 6.44. The summed E-state index contributed by atoms with van der Waals surface area (Å²) in [4.78, 5) is 13.2. The molecule has 144 valence electrons. The highest BCUT2D eigenvalue weighted by molar-refractivity contribution is 7.89. The van der Waals surface area contributed by atoms with Crippen LogP contribution in [0.1, 0.15) is 19.3 Å². The third kappa shape index (κ3) is 4.72. The third-order valence-corrected chi connectivity index (χ3v) is 6.42. The van der Waals surface area contributed by atoms with E-state index in [-0.39, 0.29) is 4.90 Å². The average Bonchev–Trinajstić information content (AvgIpc) is 3.34. The summed E-state index contributed by atoms with van der Waals surface area (Å²) in [6, 6.07) is 3.75. The minimum atomic E-state index is -3.52. The molecule has 9 heteroatoms. The molecule has 0 radical (unpaired) electrons. The van der Waals surface area contributed by atoms with Gasteiger partial charge >= 0.3 is 0 Å². The maximum atomic E-state index is 12.2. The van der Waals surface area contributed by atoms with Gasteiger partial charge in [-0.3, -0.25) is 14.9 Å². The summed E-state index contributed by atoms with van der Waals surface area (Å²) >= 11 is 0. The molecule has 2 aliphatic heterocycles. The van der Waals surface area contributed by atoms with Crippen LogP contribution in [0.5, 0.6) is 0 Å². The van der Waals surface area contributed by atoms with Gasteiger partial charge < -0.3 is 10.2 Å². The Hall–Kier alpha value is -1.71. The van der Waals surface area contributed by atoms with E-state index in [0.29, 0.717) is 19.1 Å². The van der Waals surface area contributed by atoms with Crippen molar-refractivity contribution >= 4 is 16.0 Å². The summed E-state index contributed by atoms with van der Waals surface area (Å²) in [6.07, 6.45) is 6.67. The Morgan fingerprint density at radius 3 is 2.81 bits per heavy atom. The van der Waals surface area contributed by atoms with Crippen molar-refractivity contribution in [3.63, 3.8) is 0 Å². The van der Waals surface area contributed by atoms with Crippen LogP contribution < -0.4 is 10.0 Å². The second-order valence-corrected chi connectivity index (χ2v) is 8.46. The topological polar surface area (TPSA) is 89.9 Å². The van der Waals surface area contributed by atoms with Crippen LogP contribution in [0.4, 0.5) is 0 Å². The molecular weight excluding hydrogens is 352 g/mol. The molecule has 2 N–H and O–H groups in total. The van der Waals surface area contributed by atoms with Gasteiger partial charge in [0.05, 0.1) is 0 Å². The van der Waals surface area contributed by atoms with Crippen molar-refractivity contribution in [2.75, 3.05) is 46.3 Å². The fraction of sp³-hybridized carbons (Fsp3) is 0.647. The van der Waals surface area contributed by atoms with Crippen LogP contribution in [0.3, 0.4) is 0 Å². The molecule has 0 aromatic carbocycles. The number of aliphatic imine (C=N–C) groups is 1. The van der Waals surface area contributed by atoms with Crippen LogP contribution >= 0.6 is 0 Å². The second-order valence-electron chi connectivity index (χ2n) is 6.69. The van der Waals surface area contributed by atoms with Gasteiger partial charge in [-0.25, -0.2) is 13.1 Å². The first-order chi connectivity index (χ1) is 12.6. The van der Waals surface area contributed by atoms with E-state index in [1.54, 1.807) is 19.3 Å². The summed E-state index contributed by atoms with van der Waals surface area (Å²) < 4.78 is 26.9. The maximum absolute atomic E-state index is 12.2. The zero-order chi connectivity index (χ0) is 18.4. The quantitative estimate of drug-likeness (QED) is 0.414. The van der Waals surface area contributed by atoms with Gasteiger partial charge in [0.1, 0.15) is 4.90 Å². The molecule has 0 saturated carbocycles. The van der Waals surface area contributed by atoms with Gasteiger partial charge in [0.15, 0.2) is 5.96 Å². The van der Waals surface area contributed by atoms with Crippen LogP contribution in [0, 0.1) is 0 Å². The van der Waals surface area contributed by atoms with E-state index in [2.05, 4.69) is 29.8 Å². The molecule has 0 bridgehead atoms. The number of nitrogens with one attached hydrogen (secondary N) is 2. The molecule has 2 fully saturated rings. The lowest BCUT2D eigenvalue weighted by Crippen LogP contribution is -2.44. The zero-order valence-electron chi connectivity index (χ0n) is 15.3. The van der Waals surface area contributed by atoms with Gasteiger partial charge in [-0.15, -0.1) is 0 Å². The number of hydrogen-bond donors (Lipinski definition) is 2. The molecule has 2 saturated heterocycles. The zero-order valence-corrected chi connectivity index (χ0v) is 16.1. The van der Waals surface area contributed by atoms with Crippen molar-refractivity contribution in [2.24, 2.45) is 4.99 Å². The molecule has 2 aliphatic rings. The number of likely N-dealkylation sites (tertiary alicyclic amines) is 2. The van der Waals surface area contributed by atoms with Crippen LogP contribution in [0.25, 0.3) is 0 Å². The maximum Gasteiger partial charge on any atom is 0.242 e. The molecule has 1 unspecified atom stereocenters. The van der Waals surface area contributed by atoms with E-state index in [1.165, 1.54) is 38.2 Å². The molecule has 8 nitrogen and oxygen atoms in total. The van der Waals surface area contributed by atoms with Crippen LogP contribution in [0.15, 0.2) is 34.4 Å². The molecule has 1 aromatic rings. The predicted octanol–water partition coefficient (Wildman–Crippen LogP) is 0.105. The average molecular weight is 381 g/mol. The lowest BCUT2D eigenvalue weighted by Gasteiger charge is -2.25. The standard InChI is InChI=1S/C17H28N6O2S/c1-18-17(23-12-6-15(14-23)22-10-2-3-11-22)20-8-9-21-26(24,25)16-5-4-7-19-13-16/h4-5,7,13,15,21H,2-3,6,8-12,14H2,1H3,(H,18,20). The largest absolute Gasteiger partial charge is 0.355 e. The van der Waals surface area contributed by atoms with Crippen molar-refractivity contribution in [2.45, 2.75) is 30.2 Å². The third-order valence-electron chi connectivity index (χ3n) is 4.98. The monoisotopic (exact) mass is 380 g/mol. The fourth-order valence-electron chi connectivity index (χ4n) is 3.62. The van der Waals surface area contributed by atoms with Crippen molar-refractivity contribution in [1.29, 1.82) is 0 Å². The van der Waals surface area contributed by atoms with Crippen molar-refractivity contribution < 1.29 is 8.42 Å². The number of guanidine groups is 1. The lowest BCUT2D eigenvalue weighted by molar-refractivity contribution is 0.249. The van der Waals surface area contributed by atoms with E-state index < -0.39 is 10.0 Å². The normalized spacial score (nSPS) is 22.1. The van der Waals surface area contributed by atoms with Crippen LogP contribution in [-0.4, -0.2) is 81.5 Å². The first-order valence-electron chi connectivity index (χ1n) is 9.19. The summed E-state index contributed by atoms with van der Waals surface area (Å²) in [5.74, 6) is 0.840. The Balaban J connectivity index is 1.43. The number of hydrogen-bond acceptors (Lipinski definition) is 5. The van der Waals surface area contributed by atoms with Gasteiger partial charge in [-0.1, -0.05) is 0 Å². The van der Waals surface area contributed by atoms with Gasteiger partial charge in [0, 0.05) is 51.7 Å². The number of aromatic nitrogens is 1. The van der Waals surface area contributed by atoms with E-state index in [9.17, 15) is 8.42 Å². The van der Waals surface area contributed by atoms with Crippen molar-refractivity contribution in [3.05, 3.63) is 24.5 Å². The molecular formula is C17H28N6O2S. The minimum absolute atomic E-state index is 0.178. The molecule has 0 spiro atoms. The Labute approximate surface area is 155 Å². The Morgan fingerprint density at radius 2 is 2.12 bits per heavy atom. The number of rotatable bonds is 6. The molecule has 1 aromatic heterocycles. The summed E-state index contributed by atoms with van der Waals surface area (Å²) in [7, 11) is -1.75. The molecule has 0 aliphatic carbocycles. The van der Waals surface area contributed by atoms with E-state index in [1.807, 2.05) is 0 Å². The molecule has 0 amide bonds. The first kappa shape index (κ1) is 19.1. The molecule has 3 heterocycles. The Bertz CT molecular complexity index is 703. The summed E-state index contributed by atoms with van der Waals surface area (Å²) in [5, 5.41) is 3.26. The number of nitrogens with zero attached hydrogens (tertiary/aromatic N) is 4. The van der Waals surface area contributed by atoms with E-state index in [4.69, 9.17) is 0 Å². The smallest absolute Gasteiger partial charge is 0.242 e. The fourth-order valence-corrected chi connectivity index (χ4v) is 4.62. The van der Waals surface area contributed by atoms with Gasteiger partial charge in [-0.05, 0) is 44.5 Å². The number of pyridine rings is 1. The van der Waals surface area contributed by atoms with Crippen molar-refractivity contribution in [1.82, 2.24) is 24.8 Å². The predicted molar refractivity (Wildman–Crippen MR) is 102 cm³/mol. The summed E-state index contributed by atoms with van der Waals surface area (Å²) in [5.41, 5.74) is 0. The van der Waals surface area contributed by atoms with Crippen LogP contribution in [0.2, 0.25) is 0 Å². The molecule has 1 atom stereocenters. The second kappa shape index (κ2) is 8.79. The Morgan fingerprint density at radius 1 is 1.31 bits per heavy atom. The van der Waals surface area contributed by atoms with E-state index >= 15 is 0 Å².